The second-order valence-electron chi connectivity index (χ2n) is 11.2. The van der Waals surface area contributed by atoms with Crippen LogP contribution in [0.15, 0.2) is 54.9 Å². The number of ether oxygens (including phenoxy) is 1. The number of benzene rings is 2. The maximum Gasteiger partial charge on any atom is 0.219 e. The number of fused-ring (bicyclic) bond motifs is 2. The fourth-order valence-electron chi connectivity index (χ4n) is 6.18. The van der Waals surface area contributed by atoms with E-state index < -0.39 is 17.4 Å². The minimum atomic E-state index is -0.834. The van der Waals surface area contributed by atoms with E-state index in [0.29, 0.717) is 23.0 Å². The Kier molecular flexibility index (Phi) is 6.91. The van der Waals surface area contributed by atoms with Crippen molar-refractivity contribution in [2.45, 2.75) is 38.8 Å². The lowest BCUT2D eigenvalue weighted by Gasteiger charge is -2.37. The highest BCUT2D eigenvalue weighted by molar-refractivity contribution is 6.12. The van der Waals surface area contributed by atoms with E-state index in [-0.39, 0.29) is 23.0 Å². The van der Waals surface area contributed by atoms with Crippen molar-refractivity contribution in [3.63, 3.8) is 0 Å². The minimum Gasteiger partial charge on any atom is -0.433 e. The van der Waals surface area contributed by atoms with Crippen molar-refractivity contribution in [1.29, 1.82) is 0 Å². The largest absolute Gasteiger partial charge is 0.433 e. The van der Waals surface area contributed by atoms with Gasteiger partial charge < -0.3 is 20.8 Å². The molecule has 5 heterocycles. The van der Waals surface area contributed by atoms with Crippen LogP contribution in [-0.4, -0.2) is 56.1 Å². The molecule has 3 aromatic heterocycles. The van der Waals surface area contributed by atoms with Crippen LogP contribution in [0.4, 0.5) is 14.6 Å². The topological polar surface area (TPSA) is 114 Å². The van der Waals surface area contributed by atoms with E-state index in [1.165, 1.54) is 53.2 Å². The summed E-state index contributed by atoms with van der Waals surface area (Å²) in [5.41, 5.74) is 11.8. The zero-order chi connectivity index (χ0) is 29.7. The Hall–Kier alpha value is -4.61. The molecule has 0 bridgehead atoms. The van der Waals surface area contributed by atoms with Crippen LogP contribution in [0.5, 0.6) is 11.6 Å². The van der Waals surface area contributed by atoms with Crippen molar-refractivity contribution in [3.05, 3.63) is 94.4 Å². The van der Waals surface area contributed by atoms with Gasteiger partial charge in [0.2, 0.25) is 17.4 Å². The average Bonchev–Trinajstić information content (AvgIpc) is 3.60. The van der Waals surface area contributed by atoms with Crippen LogP contribution in [0.2, 0.25) is 0 Å². The third-order valence-corrected chi connectivity index (χ3v) is 8.52. The van der Waals surface area contributed by atoms with Crippen molar-refractivity contribution in [2.24, 2.45) is 0 Å². The van der Waals surface area contributed by atoms with Gasteiger partial charge in [-0.2, -0.15) is 5.10 Å². The van der Waals surface area contributed by atoms with Gasteiger partial charge in [-0.3, -0.25) is 9.69 Å². The van der Waals surface area contributed by atoms with Crippen molar-refractivity contribution in [1.82, 2.24) is 30.0 Å². The van der Waals surface area contributed by atoms with Crippen molar-refractivity contribution in [2.75, 3.05) is 25.4 Å². The number of nitrogens with zero attached hydrogens (tertiary/aromatic N) is 4. The highest BCUT2D eigenvalue weighted by atomic mass is 19.1. The number of nitrogens with two attached hydrogens (primary N) is 1. The molecule has 2 aliphatic heterocycles. The number of ketones is 1. The van der Waals surface area contributed by atoms with Gasteiger partial charge in [0.25, 0.3) is 0 Å². The summed E-state index contributed by atoms with van der Waals surface area (Å²) in [4.78, 5) is 23.7. The van der Waals surface area contributed by atoms with Gasteiger partial charge >= 0.3 is 0 Å². The first kappa shape index (κ1) is 27.2. The number of para-hydroxylation sites is 1. The molecule has 0 amide bonds. The van der Waals surface area contributed by atoms with E-state index in [0.717, 1.165) is 55.6 Å². The summed E-state index contributed by atoms with van der Waals surface area (Å²) in [5.74, 6) is -2.31. The monoisotopic (exact) mass is 583 g/mol. The van der Waals surface area contributed by atoms with Crippen molar-refractivity contribution < 1.29 is 18.3 Å². The van der Waals surface area contributed by atoms with Crippen LogP contribution in [0, 0.1) is 18.6 Å². The average molecular weight is 584 g/mol. The molecule has 2 aromatic carbocycles. The fraction of sp³-hybridized carbons (Fsp3) is 0.281. The number of aromatic nitrogens is 4. The number of anilines is 1. The maximum absolute atomic E-state index is 14.0. The normalized spacial score (nSPS) is 16.0. The summed E-state index contributed by atoms with van der Waals surface area (Å²) in [6.07, 6.45) is 6.21. The number of rotatable bonds is 6. The smallest absolute Gasteiger partial charge is 0.219 e. The van der Waals surface area contributed by atoms with Crippen LogP contribution in [0.3, 0.4) is 0 Å². The quantitative estimate of drug-likeness (QED) is 0.240. The predicted octanol–water partition coefficient (Wildman–Crippen LogP) is 5.05. The van der Waals surface area contributed by atoms with Gasteiger partial charge in [0.05, 0.1) is 29.3 Å². The Morgan fingerprint density at radius 1 is 1.07 bits per heavy atom. The highest BCUT2D eigenvalue weighted by Crippen LogP contribution is 2.31. The Labute approximate surface area is 246 Å². The molecule has 11 heteroatoms. The molecule has 7 rings (SSSR count). The summed E-state index contributed by atoms with van der Waals surface area (Å²) in [6, 6.07) is 11.8. The lowest BCUT2D eigenvalue weighted by Crippen LogP contribution is -2.45. The number of hydrogen-bond donors (Lipinski definition) is 3. The Bertz CT molecular complexity index is 1840. The van der Waals surface area contributed by atoms with E-state index in [2.05, 4.69) is 37.4 Å². The number of aromatic amines is 1. The van der Waals surface area contributed by atoms with Gasteiger partial charge in [-0.25, -0.2) is 18.4 Å². The van der Waals surface area contributed by atoms with E-state index in [4.69, 9.17) is 10.5 Å². The summed E-state index contributed by atoms with van der Waals surface area (Å²) >= 11 is 0. The predicted molar refractivity (Wildman–Crippen MR) is 159 cm³/mol. The molecular weight excluding hydrogens is 552 g/mol. The third-order valence-electron chi connectivity index (χ3n) is 8.52. The number of nitrogens with one attached hydrogen (secondary N) is 2. The molecule has 5 aromatic rings. The summed E-state index contributed by atoms with van der Waals surface area (Å²) in [6.45, 7) is 5.87. The number of carbonyl (C=O) groups excluding carboxylic acids is 1. The third kappa shape index (κ3) is 5.04. The van der Waals surface area contributed by atoms with E-state index in [9.17, 15) is 13.6 Å². The van der Waals surface area contributed by atoms with E-state index >= 15 is 0 Å². The molecule has 0 radical (unpaired) electrons. The maximum atomic E-state index is 14.0. The zero-order valence-electron chi connectivity index (χ0n) is 23.7. The van der Waals surface area contributed by atoms with Gasteiger partial charge in [0, 0.05) is 36.1 Å². The van der Waals surface area contributed by atoms with Gasteiger partial charge in [-0.15, -0.1) is 0 Å². The first-order valence-electron chi connectivity index (χ1n) is 14.4. The summed E-state index contributed by atoms with van der Waals surface area (Å²) < 4.78 is 34.8. The molecule has 2 aliphatic rings. The molecule has 0 atom stereocenters. The molecule has 0 unspecified atom stereocenters. The standard InChI is InChI=1S/C32H31F2N7O2/c1-18-11-29(43-31-24(33)3-2-4-25(31)34)37-16-28(18)41-32(35)23(15-38-41)30(42)27-13-20-12-19-7-10-40(22-5-8-36-9-6-22)17-21(19)14-26(20)39-27/h2-4,11-16,22,36,39H,5-10,17,35H2,1H3. The first-order chi connectivity index (χ1) is 20.9. The summed E-state index contributed by atoms with van der Waals surface area (Å²) in [5, 5.41) is 8.79. The van der Waals surface area contributed by atoms with Crippen LogP contribution in [-0.2, 0) is 13.0 Å². The number of aryl methyl sites for hydroxylation is 1. The van der Waals surface area contributed by atoms with Crippen molar-refractivity contribution in [3.8, 4) is 17.3 Å². The first-order valence-corrected chi connectivity index (χ1v) is 14.4. The van der Waals surface area contributed by atoms with Crippen molar-refractivity contribution >= 4 is 22.5 Å². The Morgan fingerprint density at radius 3 is 2.63 bits per heavy atom. The number of pyridine rings is 1. The van der Waals surface area contributed by atoms with Crippen LogP contribution < -0.4 is 15.8 Å². The second kappa shape index (κ2) is 10.9. The highest BCUT2D eigenvalue weighted by Gasteiger charge is 2.26. The number of piperidine rings is 1. The molecule has 0 spiro atoms. The Morgan fingerprint density at radius 2 is 1.86 bits per heavy atom. The minimum absolute atomic E-state index is 0.00641. The van der Waals surface area contributed by atoms with Gasteiger partial charge in [-0.05, 0) is 86.3 Å². The molecule has 1 fully saturated rings. The van der Waals surface area contributed by atoms with Gasteiger partial charge in [0.15, 0.2) is 11.6 Å². The lowest BCUT2D eigenvalue weighted by molar-refractivity contribution is 0.103. The molecule has 4 N–H and O–H groups in total. The number of H-pyrrole nitrogens is 1. The summed E-state index contributed by atoms with van der Waals surface area (Å²) in [7, 11) is 0. The Balaban J connectivity index is 1.12. The zero-order valence-corrected chi connectivity index (χ0v) is 23.7. The number of nitrogen functional groups attached to an aromatic ring is 1. The van der Waals surface area contributed by atoms with Gasteiger partial charge in [0.1, 0.15) is 5.82 Å². The number of carbonyl (C=O) groups is 1. The van der Waals surface area contributed by atoms with Crippen LogP contribution in [0.1, 0.15) is 45.6 Å². The number of hydrogen-bond acceptors (Lipinski definition) is 7. The number of halogens is 2. The fourth-order valence-corrected chi connectivity index (χ4v) is 6.18. The second-order valence-corrected chi connectivity index (χ2v) is 11.2. The SMILES string of the molecule is Cc1cc(Oc2c(F)cccc2F)ncc1-n1ncc(C(=O)c2cc3cc4c(cc3[nH]2)CN(C2CCNCC2)CC4)c1N. The molecular formula is C32H31F2N7O2. The molecule has 220 valence electrons. The molecule has 43 heavy (non-hydrogen) atoms. The van der Waals surface area contributed by atoms with E-state index in [1.54, 1.807) is 6.92 Å². The molecule has 9 nitrogen and oxygen atoms in total. The van der Waals surface area contributed by atoms with Crippen LogP contribution >= 0.6 is 0 Å². The molecule has 0 saturated carbocycles. The van der Waals surface area contributed by atoms with E-state index in [1.807, 2.05) is 6.07 Å². The molecule has 1 saturated heterocycles. The lowest BCUT2D eigenvalue weighted by atomic mass is 9.94. The van der Waals surface area contributed by atoms with Gasteiger partial charge in [-0.1, -0.05) is 6.07 Å². The van der Waals surface area contributed by atoms with Crippen LogP contribution in [0.25, 0.3) is 16.6 Å². The molecule has 0 aliphatic carbocycles.